The number of sulfone groups is 1. The summed E-state index contributed by atoms with van der Waals surface area (Å²) in [6, 6.07) is 0.865. The lowest BCUT2D eigenvalue weighted by atomic mass is 9.82. The van der Waals surface area contributed by atoms with Crippen molar-refractivity contribution in [3.05, 3.63) is 0 Å². The van der Waals surface area contributed by atoms with Gasteiger partial charge in [-0.3, -0.25) is 20.7 Å². The van der Waals surface area contributed by atoms with Gasteiger partial charge >= 0.3 is 0 Å². The predicted octanol–water partition coefficient (Wildman–Crippen LogP) is 0.806. The summed E-state index contributed by atoms with van der Waals surface area (Å²) in [5, 5.41) is 16.9. The van der Waals surface area contributed by atoms with Crippen molar-refractivity contribution in [1.82, 2.24) is 26.6 Å². The quantitative estimate of drug-likeness (QED) is 0.302. The Morgan fingerprint density at radius 1 is 1.11 bits per heavy atom. The first-order valence-electron chi connectivity index (χ1n) is 13.8. The molecule has 4 rings (SSSR count). The van der Waals surface area contributed by atoms with Gasteiger partial charge in [0.15, 0.2) is 9.84 Å². The first-order chi connectivity index (χ1) is 17.2. The number of hydrogen-bond donors (Lipinski definition) is 5. The van der Waals surface area contributed by atoms with Gasteiger partial charge in [-0.25, -0.2) is 8.42 Å². The van der Waals surface area contributed by atoms with Gasteiger partial charge in [0, 0.05) is 37.5 Å². The van der Waals surface area contributed by atoms with Gasteiger partial charge in [-0.05, 0) is 77.3 Å². The Bertz CT molecular complexity index is 844. The zero-order valence-corrected chi connectivity index (χ0v) is 23.9. The Labute approximate surface area is 221 Å². The lowest BCUT2D eigenvalue weighted by Crippen LogP contribution is -2.66. The second-order valence-corrected chi connectivity index (χ2v) is 15.6. The van der Waals surface area contributed by atoms with Crippen LogP contribution in [0.25, 0.3) is 0 Å². The first-order valence-corrected chi connectivity index (χ1v) is 16.5. The van der Waals surface area contributed by atoms with Gasteiger partial charge in [-0.15, -0.1) is 11.8 Å². The monoisotopic (exact) mass is 545 g/mol. The highest BCUT2D eigenvalue weighted by molar-refractivity contribution is 8.02. The number of nitrogens with one attached hydrogen (secondary N) is 5. The molecule has 3 saturated heterocycles. The summed E-state index contributed by atoms with van der Waals surface area (Å²) in [6.07, 6.45) is 5.87. The summed E-state index contributed by atoms with van der Waals surface area (Å²) in [7, 11) is -1.36. The summed E-state index contributed by atoms with van der Waals surface area (Å²) in [5.41, 5.74) is 0. The molecule has 36 heavy (non-hydrogen) atoms. The standard InChI is InChI=1S/C25H47N5O4S2/c1-15(2)36(32,33)20-11-23(35-14-20)24(31)28-18-6-5-16(3)22(10-18)30-25-27-8-7-21(29-25)17-9-19(34-4)13-26-12-17/h15-23,25-27,29-30H,5-14H2,1-4H3,(H,28,31). The molecule has 3 heterocycles. The number of methoxy groups -OCH3 is 1. The Kier molecular flexibility index (Phi) is 10.0. The number of hydrogen-bond acceptors (Lipinski definition) is 9. The summed E-state index contributed by atoms with van der Waals surface area (Å²) in [4.78, 5) is 13.0. The maximum atomic E-state index is 13.0. The average Bonchev–Trinajstić information content (AvgIpc) is 3.38. The molecule has 1 saturated carbocycles. The van der Waals surface area contributed by atoms with Crippen LogP contribution in [0, 0.1) is 11.8 Å². The molecule has 0 aromatic carbocycles. The molecule has 0 aromatic heterocycles. The van der Waals surface area contributed by atoms with Crippen LogP contribution < -0.4 is 26.6 Å². The zero-order valence-electron chi connectivity index (χ0n) is 22.3. The van der Waals surface area contributed by atoms with E-state index in [0.29, 0.717) is 36.1 Å². The van der Waals surface area contributed by atoms with E-state index in [1.54, 1.807) is 21.0 Å². The first kappa shape index (κ1) is 28.6. The van der Waals surface area contributed by atoms with E-state index < -0.39 is 20.3 Å². The van der Waals surface area contributed by atoms with Crippen molar-refractivity contribution < 1.29 is 17.9 Å². The van der Waals surface area contributed by atoms with Crippen molar-refractivity contribution in [1.29, 1.82) is 0 Å². The molecule has 5 N–H and O–H groups in total. The van der Waals surface area contributed by atoms with Gasteiger partial charge in [-0.2, -0.15) is 0 Å². The van der Waals surface area contributed by atoms with Crippen LogP contribution in [0.4, 0.5) is 0 Å². The van der Waals surface area contributed by atoms with E-state index in [4.69, 9.17) is 4.74 Å². The molecule has 0 aromatic rings. The topological polar surface area (TPSA) is 121 Å². The number of piperidine rings is 1. The van der Waals surface area contributed by atoms with E-state index >= 15 is 0 Å². The molecule has 9 unspecified atom stereocenters. The molecule has 0 bridgehead atoms. The van der Waals surface area contributed by atoms with E-state index in [2.05, 4.69) is 33.5 Å². The van der Waals surface area contributed by atoms with Crippen LogP contribution in [0.5, 0.6) is 0 Å². The van der Waals surface area contributed by atoms with Gasteiger partial charge in [0.1, 0.15) is 6.29 Å². The van der Waals surface area contributed by atoms with E-state index in [1.807, 2.05) is 0 Å². The molecule has 4 fully saturated rings. The highest BCUT2D eigenvalue weighted by Gasteiger charge is 2.40. The van der Waals surface area contributed by atoms with Crippen molar-refractivity contribution in [2.75, 3.05) is 32.5 Å². The fourth-order valence-corrected chi connectivity index (χ4v) is 9.74. The second-order valence-electron chi connectivity index (χ2n) is 11.5. The summed E-state index contributed by atoms with van der Waals surface area (Å²) >= 11 is 1.50. The summed E-state index contributed by atoms with van der Waals surface area (Å²) < 4.78 is 30.7. The smallest absolute Gasteiger partial charge is 0.233 e. The van der Waals surface area contributed by atoms with Gasteiger partial charge in [0.2, 0.25) is 5.91 Å². The number of amides is 1. The molecular formula is C25H47N5O4S2. The van der Waals surface area contributed by atoms with Crippen LogP contribution >= 0.6 is 11.8 Å². The maximum Gasteiger partial charge on any atom is 0.233 e. The Balaban J connectivity index is 1.26. The SMILES string of the molecule is COC1CNCC(C2CCNC(NC3CC(NC(=O)C4CC(S(=O)(=O)C(C)C)CS4)CCC3C)N2)C1. The van der Waals surface area contributed by atoms with Crippen molar-refractivity contribution in [2.45, 2.75) is 106 Å². The minimum Gasteiger partial charge on any atom is -0.380 e. The van der Waals surface area contributed by atoms with Crippen LogP contribution in [0.2, 0.25) is 0 Å². The number of carbonyl (C=O) groups excluding carboxylic acids is 1. The summed E-state index contributed by atoms with van der Waals surface area (Å²) in [6.45, 7) is 8.67. The minimum absolute atomic E-state index is 0.00577. The fraction of sp³-hybridized carbons (Fsp3) is 0.960. The fourth-order valence-electron chi connectivity index (χ4n) is 6.23. The van der Waals surface area contributed by atoms with Crippen LogP contribution in [-0.2, 0) is 19.4 Å². The van der Waals surface area contributed by atoms with E-state index in [0.717, 1.165) is 51.7 Å². The van der Waals surface area contributed by atoms with Crippen LogP contribution in [0.3, 0.4) is 0 Å². The predicted molar refractivity (Wildman–Crippen MR) is 146 cm³/mol. The third-order valence-electron chi connectivity index (χ3n) is 8.73. The Morgan fingerprint density at radius 2 is 1.92 bits per heavy atom. The second kappa shape index (κ2) is 12.6. The Morgan fingerprint density at radius 3 is 2.67 bits per heavy atom. The third-order valence-corrected chi connectivity index (χ3v) is 12.9. The molecular weight excluding hydrogens is 498 g/mol. The molecule has 4 aliphatic rings. The minimum atomic E-state index is -3.16. The Hall–Kier alpha value is -0.430. The molecule has 0 radical (unpaired) electrons. The normalized spacial score (nSPS) is 40.3. The van der Waals surface area contributed by atoms with E-state index in [9.17, 15) is 13.2 Å². The van der Waals surface area contributed by atoms with Gasteiger partial charge in [0.25, 0.3) is 0 Å². The van der Waals surface area contributed by atoms with Gasteiger partial charge in [0.05, 0.1) is 21.9 Å². The lowest BCUT2D eigenvalue weighted by Gasteiger charge is -2.43. The number of carbonyl (C=O) groups is 1. The van der Waals surface area contributed by atoms with Crippen molar-refractivity contribution in [2.24, 2.45) is 11.8 Å². The van der Waals surface area contributed by atoms with Crippen LogP contribution in [-0.4, -0.2) is 93.1 Å². The molecule has 3 aliphatic heterocycles. The van der Waals surface area contributed by atoms with Crippen molar-refractivity contribution in [3.8, 4) is 0 Å². The molecule has 1 amide bonds. The molecule has 9 atom stereocenters. The molecule has 0 spiro atoms. The summed E-state index contributed by atoms with van der Waals surface area (Å²) in [5.74, 6) is 1.61. The van der Waals surface area contributed by atoms with Crippen molar-refractivity contribution >= 4 is 27.5 Å². The highest BCUT2D eigenvalue weighted by Crippen LogP contribution is 2.33. The van der Waals surface area contributed by atoms with Gasteiger partial charge < -0.3 is 15.4 Å². The number of rotatable bonds is 8. The average molecular weight is 546 g/mol. The molecule has 11 heteroatoms. The largest absolute Gasteiger partial charge is 0.380 e. The number of ether oxygens (including phenoxy) is 1. The molecule has 208 valence electrons. The van der Waals surface area contributed by atoms with Crippen LogP contribution in [0.15, 0.2) is 0 Å². The lowest BCUT2D eigenvalue weighted by molar-refractivity contribution is -0.121. The highest BCUT2D eigenvalue weighted by atomic mass is 32.2. The van der Waals surface area contributed by atoms with E-state index in [-0.39, 0.29) is 29.6 Å². The molecule has 1 aliphatic carbocycles. The van der Waals surface area contributed by atoms with Crippen molar-refractivity contribution in [3.63, 3.8) is 0 Å². The number of thioether (sulfide) groups is 1. The molecule has 9 nitrogen and oxygen atoms in total. The maximum absolute atomic E-state index is 13.0. The van der Waals surface area contributed by atoms with Crippen LogP contribution in [0.1, 0.15) is 59.3 Å². The third kappa shape index (κ3) is 6.95. The zero-order chi connectivity index (χ0) is 25.9. The van der Waals surface area contributed by atoms with Gasteiger partial charge in [-0.1, -0.05) is 6.92 Å². The van der Waals surface area contributed by atoms with E-state index in [1.165, 1.54) is 11.8 Å².